The van der Waals surface area contributed by atoms with Crippen LogP contribution in [0.15, 0.2) is 17.4 Å². The molecule has 1 heterocycles. The van der Waals surface area contributed by atoms with Gasteiger partial charge in [-0.25, -0.2) is 4.98 Å². The predicted molar refractivity (Wildman–Crippen MR) is 69.5 cm³/mol. The highest BCUT2D eigenvalue weighted by Crippen LogP contribution is 2.31. The zero-order valence-electron chi connectivity index (χ0n) is 10.9. The van der Waals surface area contributed by atoms with E-state index in [9.17, 15) is 18.0 Å². The van der Waals surface area contributed by atoms with Gasteiger partial charge in [-0.05, 0) is 13.0 Å². The molecule has 0 saturated carbocycles. The molecule has 1 aromatic rings. The van der Waals surface area contributed by atoms with Crippen molar-refractivity contribution in [3.63, 3.8) is 0 Å². The molecule has 0 unspecified atom stereocenters. The number of nitrogens with one attached hydrogen (secondary N) is 2. The number of anilines is 1. The molecule has 10 heteroatoms. The molecular formula is C11H13ClF3N4O2+. The Labute approximate surface area is 123 Å². The summed E-state index contributed by atoms with van der Waals surface area (Å²) in [7, 11) is 0. The maximum atomic E-state index is 12.4. The number of hydrogen-bond acceptors (Lipinski definition) is 4. The van der Waals surface area contributed by atoms with Crippen molar-refractivity contribution in [2.75, 3.05) is 12.0 Å². The Morgan fingerprint density at radius 1 is 1.57 bits per heavy atom. The van der Waals surface area contributed by atoms with Crippen molar-refractivity contribution in [2.24, 2.45) is 10.8 Å². The van der Waals surface area contributed by atoms with Gasteiger partial charge in [0.15, 0.2) is 5.84 Å². The third-order valence-corrected chi connectivity index (χ3v) is 2.46. The highest BCUT2D eigenvalue weighted by molar-refractivity contribution is 6.32. The van der Waals surface area contributed by atoms with Gasteiger partial charge in [-0.15, -0.1) is 5.43 Å². The molecule has 0 aliphatic rings. The number of carbonyl (C=O) groups is 1. The topological polar surface area (TPSA) is 90.9 Å². The number of amidine groups is 1. The van der Waals surface area contributed by atoms with E-state index >= 15 is 0 Å². The Kier molecular flexibility index (Phi) is 5.77. The molecule has 0 radical (unpaired) electrons. The van der Waals surface area contributed by atoms with Crippen LogP contribution in [0.1, 0.15) is 18.9 Å². The van der Waals surface area contributed by atoms with Crippen molar-refractivity contribution in [3.05, 3.63) is 22.8 Å². The second kappa shape index (κ2) is 7.11. The van der Waals surface area contributed by atoms with E-state index < -0.39 is 17.7 Å². The van der Waals surface area contributed by atoms with Gasteiger partial charge in [0.05, 0.1) is 12.2 Å². The SMILES string of the molecule is CCOC(=O)CC(N)=NNc1[nH+]cc(C(F)(F)F)cc1Cl. The number of alkyl halides is 3. The van der Waals surface area contributed by atoms with E-state index in [1.165, 1.54) is 0 Å². The molecule has 1 aromatic heterocycles. The molecule has 0 spiro atoms. The molecule has 0 aliphatic carbocycles. The lowest BCUT2D eigenvalue weighted by molar-refractivity contribution is -0.364. The summed E-state index contributed by atoms with van der Waals surface area (Å²) in [6.45, 7) is 1.85. The van der Waals surface area contributed by atoms with Crippen LogP contribution < -0.4 is 16.1 Å². The number of rotatable bonds is 5. The van der Waals surface area contributed by atoms with Gasteiger partial charge < -0.3 is 10.5 Å². The summed E-state index contributed by atoms with van der Waals surface area (Å²) < 4.78 is 42.0. The number of esters is 1. The smallest absolute Gasteiger partial charge is 0.419 e. The molecule has 116 valence electrons. The Morgan fingerprint density at radius 2 is 2.24 bits per heavy atom. The molecular weight excluding hydrogens is 313 g/mol. The van der Waals surface area contributed by atoms with Gasteiger partial charge in [-0.2, -0.15) is 13.2 Å². The van der Waals surface area contributed by atoms with Gasteiger partial charge in [-0.3, -0.25) is 4.79 Å². The van der Waals surface area contributed by atoms with Crippen LogP contribution in [-0.2, 0) is 15.7 Å². The number of pyridine rings is 1. The lowest BCUT2D eigenvalue weighted by Gasteiger charge is -2.05. The van der Waals surface area contributed by atoms with Crippen LogP contribution in [0.5, 0.6) is 0 Å². The van der Waals surface area contributed by atoms with Crippen LogP contribution in [0.3, 0.4) is 0 Å². The van der Waals surface area contributed by atoms with Crippen molar-refractivity contribution in [1.82, 2.24) is 0 Å². The van der Waals surface area contributed by atoms with Crippen LogP contribution in [-0.4, -0.2) is 18.4 Å². The number of halogens is 4. The van der Waals surface area contributed by atoms with Gasteiger partial charge >= 0.3 is 18.0 Å². The van der Waals surface area contributed by atoms with E-state index in [0.717, 1.165) is 12.3 Å². The van der Waals surface area contributed by atoms with Crippen LogP contribution >= 0.6 is 11.6 Å². The summed E-state index contributed by atoms with van der Waals surface area (Å²) >= 11 is 5.68. The molecule has 21 heavy (non-hydrogen) atoms. The maximum Gasteiger partial charge on any atom is 0.419 e. The number of aromatic nitrogens is 1. The van der Waals surface area contributed by atoms with Crippen LogP contribution in [0.4, 0.5) is 19.0 Å². The number of hydrogen-bond donors (Lipinski definition) is 2. The van der Waals surface area contributed by atoms with Crippen LogP contribution in [0, 0.1) is 0 Å². The molecule has 0 amide bonds. The van der Waals surface area contributed by atoms with Crippen LogP contribution in [0.25, 0.3) is 0 Å². The minimum atomic E-state index is -4.51. The molecule has 0 aliphatic heterocycles. The molecule has 0 bridgehead atoms. The van der Waals surface area contributed by atoms with Gasteiger partial charge in [0.2, 0.25) is 0 Å². The highest BCUT2D eigenvalue weighted by atomic mass is 35.5. The normalized spacial score (nSPS) is 12.1. The van der Waals surface area contributed by atoms with E-state index in [0.29, 0.717) is 0 Å². The zero-order valence-corrected chi connectivity index (χ0v) is 11.7. The molecule has 0 atom stereocenters. The monoisotopic (exact) mass is 325 g/mol. The average Bonchev–Trinajstić information content (AvgIpc) is 2.36. The number of carbonyl (C=O) groups excluding carboxylic acids is 1. The number of nitrogens with two attached hydrogens (primary N) is 1. The van der Waals surface area contributed by atoms with Gasteiger partial charge in [-0.1, -0.05) is 16.7 Å². The lowest BCUT2D eigenvalue weighted by Crippen LogP contribution is -2.22. The van der Waals surface area contributed by atoms with Gasteiger partial charge in [0.25, 0.3) is 0 Å². The molecule has 6 nitrogen and oxygen atoms in total. The minimum absolute atomic E-state index is 0.0106. The molecule has 0 fully saturated rings. The average molecular weight is 326 g/mol. The second-order valence-electron chi connectivity index (χ2n) is 3.81. The van der Waals surface area contributed by atoms with Crippen molar-refractivity contribution < 1.29 is 27.7 Å². The largest absolute Gasteiger partial charge is 0.466 e. The minimum Gasteiger partial charge on any atom is -0.466 e. The summed E-state index contributed by atoms with van der Waals surface area (Å²) in [5.41, 5.74) is 6.86. The first-order valence-electron chi connectivity index (χ1n) is 5.76. The summed E-state index contributed by atoms with van der Waals surface area (Å²) in [5.74, 6) is -0.655. The van der Waals surface area contributed by atoms with Crippen molar-refractivity contribution in [2.45, 2.75) is 19.5 Å². The predicted octanol–water partition coefficient (Wildman–Crippen LogP) is 1.81. The number of hydrazone groups is 1. The van der Waals surface area contributed by atoms with E-state index in [-0.39, 0.29) is 29.7 Å². The third-order valence-electron chi connectivity index (χ3n) is 2.16. The first-order chi connectivity index (χ1) is 9.74. The third kappa shape index (κ3) is 5.46. The number of ether oxygens (including phenoxy) is 1. The van der Waals surface area contributed by atoms with Crippen molar-refractivity contribution >= 4 is 29.2 Å². The first-order valence-corrected chi connectivity index (χ1v) is 6.14. The summed E-state index contributed by atoms with van der Waals surface area (Å²) in [4.78, 5) is 13.4. The van der Waals surface area contributed by atoms with E-state index in [1.807, 2.05) is 0 Å². The van der Waals surface area contributed by atoms with E-state index in [2.05, 4.69) is 20.2 Å². The first kappa shape index (κ1) is 17.0. The molecule has 0 saturated heterocycles. The standard InChI is InChI=1S/C11H12ClF3N4O2/c1-2-21-9(20)4-8(16)18-19-10-7(12)3-6(5-17-10)11(13,14)15/h3,5H,2,4H2,1H3,(H2,16,18)(H,17,19)/p+1. The second-order valence-corrected chi connectivity index (χ2v) is 4.21. The van der Waals surface area contributed by atoms with E-state index in [1.54, 1.807) is 6.92 Å². The summed E-state index contributed by atoms with van der Waals surface area (Å²) in [6, 6.07) is 0.734. The van der Waals surface area contributed by atoms with Gasteiger partial charge in [0, 0.05) is 0 Å². The fraction of sp³-hybridized carbons (Fsp3) is 0.364. The summed E-state index contributed by atoms with van der Waals surface area (Å²) in [6.07, 6.45) is -4.03. The quantitative estimate of drug-likeness (QED) is 0.374. The number of aromatic amines is 1. The lowest BCUT2D eigenvalue weighted by atomic mass is 10.3. The number of H-pyrrole nitrogens is 1. The van der Waals surface area contributed by atoms with Crippen molar-refractivity contribution in [1.29, 1.82) is 0 Å². The van der Waals surface area contributed by atoms with Crippen molar-refractivity contribution in [3.8, 4) is 0 Å². The Morgan fingerprint density at radius 3 is 2.76 bits per heavy atom. The fourth-order valence-corrected chi connectivity index (χ4v) is 1.46. The van der Waals surface area contributed by atoms with E-state index in [4.69, 9.17) is 17.3 Å². The molecule has 4 N–H and O–H groups in total. The number of nitrogens with zero attached hydrogens (tertiary/aromatic N) is 1. The fourth-order valence-electron chi connectivity index (χ4n) is 1.25. The van der Waals surface area contributed by atoms with Gasteiger partial charge in [0.1, 0.15) is 17.6 Å². The molecule has 0 aromatic carbocycles. The van der Waals surface area contributed by atoms with Crippen LogP contribution in [0.2, 0.25) is 5.02 Å². The molecule has 1 rings (SSSR count). The Hall–Kier alpha value is -2.03. The Balaban J connectivity index is 2.73. The Bertz CT molecular complexity index is 549. The summed E-state index contributed by atoms with van der Waals surface area (Å²) in [5, 5.41) is 3.39. The highest BCUT2D eigenvalue weighted by Gasteiger charge is 2.32. The zero-order chi connectivity index (χ0) is 16.0. The maximum absolute atomic E-state index is 12.4.